The van der Waals surface area contributed by atoms with E-state index in [1.54, 1.807) is 19.1 Å². The van der Waals surface area contributed by atoms with E-state index < -0.39 is 0 Å². The molecule has 0 amide bonds. The number of rotatable bonds is 8. The zero-order valence-electron chi connectivity index (χ0n) is 12.5. The summed E-state index contributed by atoms with van der Waals surface area (Å²) in [4.78, 5) is 14.0. The molecule has 2 N–H and O–H groups in total. The summed E-state index contributed by atoms with van der Waals surface area (Å²) < 4.78 is 10.4. The minimum Gasteiger partial charge on any atom is -0.462 e. The monoisotopic (exact) mass is 280 g/mol. The van der Waals surface area contributed by atoms with E-state index in [0.717, 1.165) is 18.8 Å². The fourth-order valence-electron chi connectivity index (χ4n) is 1.92. The fourth-order valence-corrected chi connectivity index (χ4v) is 1.92. The van der Waals surface area contributed by atoms with Crippen molar-refractivity contribution in [2.24, 2.45) is 0 Å². The first-order valence-electron chi connectivity index (χ1n) is 7.03. The summed E-state index contributed by atoms with van der Waals surface area (Å²) >= 11 is 0. The summed E-state index contributed by atoms with van der Waals surface area (Å²) in [5.41, 5.74) is 7.64. The maximum absolute atomic E-state index is 11.8. The van der Waals surface area contributed by atoms with E-state index in [1.165, 1.54) is 0 Å². The van der Waals surface area contributed by atoms with Crippen molar-refractivity contribution in [3.63, 3.8) is 0 Å². The average molecular weight is 280 g/mol. The van der Waals surface area contributed by atoms with E-state index in [0.29, 0.717) is 31.1 Å². The molecule has 112 valence electrons. The summed E-state index contributed by atoms with van der Waals surface area (Å²) in [6, 6.07) is 5.43. The molecule has 1 rings (SSSR count). The van der Waals surface area contributed by atoms with Crippen LogP contribution in [-0.2, 0) is 9.47 Å². The van der Waals surface area contributed by atoms with Crippen molar-refractivity contribution in [3.8, 4) is 0 Å². The molecule has 0 bridgehead atoms. The van der Waals surface area contributed by atoms with Gasteiger partial charge in [0.05, 0.1) is 18.8 Å². The standard InChI is InChI=1S/C15H24N2O3/c1-4-17(9-10-19-5-2)12-7-8-14(16)13(11-12)15(18)20-6-3/h7-8,11H,4-6,9-10,16H2,1-3H3. The number of nitrogen functional groups attached to an aromatic ring is 1. The fraction of sp³-hybridized carbons (Fsp3) is 0.533. The van der Waals surface area contributed by atoms with Gasteiger partial charge in [0.25, 0.3) is 0 Å². The van der Waals surface area contributed by atoms with Crippen molar-refractivity contribution < 1.29 is 14.3 Å². The first kappa shape index (κ1) is 16.3. The highest BCUT2D eigenvalue weighted by atomic mass is 16.5. The second kappa shape index (κ2) is 8.43. The van der Waals surface area contributed by atoms with Gasteiger partial charge in [-0.3, -0.25) is 0 Å². The van der Waals surface area contributed by atoms with Crippen molar-refractivity contribution in [3.05, 3.63) is 23.8 Å². The number of nitrogens with zero attached hydrogens (tertiary/aromatic N) is 1. The van der Waals surface area contributed by atoms with E-state index in [1.807, 2.05) is 13.0 Å². The van der Waals surface area contributed by atoms with E-state index in [4.69, 9.17) is 15.2 Å². The number of benzene rings is 1. The van der Waals surface area contributed by atoms with Crippen LogP contribution in [-0.4, -0.2) is 38.9 Å². The van der Waals surface area contributed by atoms with E-state index in [-0.39, 0.29) is 5.97 Å². The van der Waals surface area contributed by atoms with Crippen LogP contribution in [0.4, 0.5) is 11.4 Å². The molecule has 0 atom stereocenters. The lowest BCUT2D eigenvalue weighted by molar-refractivity contribution is 0.0527. The Bertz CT molecular complexity index is 435. The third-order valence-corrected chi connectivity index (χ3v) is 2.99. The Morgan fingerprint density at radius 3 is 2.60 bits per heavy atom. The SMILES string of the molecule is CCOCCN(CC)c1ccc(N)c(C(=O)OCC)c1. The predicted octanol–water partition coefficient (Wildman–Crippen LogP) is 2.31. The van der Waals surface area contributed by atoms with Crippen LogP contribution in [0, 0.1) is 0 Å². The van der Waals surface area contributed by atoms with Crippen molar-refractivity contribution in [2.75, 3.05) is 43.5 Å². The van der Waals surface area contributed by atoms with Gasteiger partial charge in [-0.15, -0.1) is 0 Å². The molecule has 0 spiro atoms. The highest BCUT2D eigenvalue weighted by molar-refractivity contribution is 5.96. The van der Waals surface area contributed by atoms with Gasteiger partial charge in [-0.2, -0.15) is 0 Å². The second-order valence-electron chi connectivity index (χ2n) is 4.27. The predicted molar refractivity (Wildman–Crippen MR) is 81.2 cm³/mol. The minimum absolute atomic E-state index is 0.338. The summed E-state index contributed by atoms with van der Waals surface area (Å²) in [5.74, 6) is -0.382. The number of nitrogens with two attached hydrogens (primary N) is 1. The Kier molecular flexibility index (Phi) is 6.87. The molecular weight excluding hydrogens is 256 g/mol. The highest BCUT2D eigenvalue weighted by Crippen LogP contribution is 2.22. The van der Waals surface area contributed by atoms with E-state index >= 15 is 0 Å². The molecule has 0 aliphatic carbocycles. The normalized spacial score (nSPS) is 10.3. The number of hydrogen-bond donors (Lipinski definition) is 1. The molecule has 5 nitrogen and oxygen atoms in total. The largest absolute Gasteiger partial charge is 0.462 e. The Morgan fingerprint density at radius 1 is 1.25 bits per heavy atom. The molecule has 0 fully saturated rings. The molecule has 0 saturated carbocycles. The molecule has 1 aromatic rings. The Balaban J connectivity index is 2.88. The molecule has 0 radical (unpaired) electrons. The van der Waals surface area contributed by atoms with E-state index in [9.17, 15) is 4.79 Å². The van der Waals surface area contributed by atoms with Gasteiger partial charge < -0.3 is 20.1 Å². The quantitative estimate of drug-likeness (QED) is 0.450. The smallest absolute Gasteiger partial charge is 0.340 e. The van der Waals surface area contributed by atoms with Gasteiger partial charge in [-0.05, 0) is 39.0 Å². The number of esters is 1. The van der Waals surface area contributed by atoms with Gasteiger partial charge in [-0.25, -0.2) is 4.79 Å². The number of carbonyl (C=O) groups excluding carboxylic acids is 1. The van der Waals surface area contributed by atoms with Crippen molar-refractivity contribution in [2.45, 2.75) is 20.8 Å². The maximum atomic E-state index is 11.8. The zero-order valence-corrected chi connectivity index (χ0v) is 12.5. The maximum Gasteiger partial charge on any atom is 0.340 e. The van der Waals surface area contributed by atoms with Crippen LogP contribution < -0.4 is 10.6 Å². The van der Waals surface area contributed by atoms with Gasteiger partial charge >= 0.3 is 5.97 Å². The molecule has 0 aromatic heterocycles. The van der Waals surface area contributed by atoms with Crippen LogP contribution in [0.1, 0.15) is 31.1 Å². The first-order valence-corrected chi connectivity index (χ1v) is 7.03. The second-order valence-corrected chi connectivity index (χ2v) is 4.27. The number of ether oxygens (including phenoxy) is 2. The van der Waals surface area contributed by atoms with Crippen molar-refractivity contribution in [1.29, 1.82) is 0 Å². The molecule has 0 aliphatic rings. The van der Waals surface area contributed by atoms with Crippen LogP contribution in [0.2, 0.25) is 0 Å². The molecular formula is C15H24N2O3. The van der Waals surface area contributed by atoms with Gasteiger partial charge in [-0.1, -0.05) is 0 Å². The molecule has 20 heavy (non-hydrogen) atoms. The lowest BCUT2D eigenvalue weighted by Crippen LogP contribution is -2.27. The summed E-state index contributed by atoms with van der Waals surface area (Å²) in [7, 11) is 0. The van der Waals surface area contributed by atoms with Crippen molar-refractivity contribution >= 4 is 17.3 Å². The lowest BCUT2D eigenvalue weighted by atomic mass is 10.1. The number of anilines is 2. The summed E-state index contributed by atoms with van der Waals surface area (Å²) in [6.07, 6.45) is 0. The van der Waals surface area contributed by atoms with Crippen LogP contribution >= 0.6 is 0 Å². The third kappa shape index (κ3) is 4.42. The lowest BCUT2D eigenvalue weighted by Gasteiger charge is -2.23. The molecule has 0 heterocycles. The van der Waals surface area contributed by atoms with Crippen LogP contribution in [0.5, 0.6) is 0 Å². The van der Waals surface area contributed by atoms with Gasteiger partial charge in [0.2, 0.25) is 0 Å². The first-order chi connectivity index (χ1) is 9.63. The number of hydrogen-bond acceptors (Lipinski definition) is 5. The Labute approximate surface area is 120 Å². The van der Waals surface area contributed by atoms with Gasteiger partial charge in [0.15, 0.2) is 0 Å². The summed E-state index contributed by atoms with van der Waals surface area (Å²) in [6.45, 7) is 9.11. The molecule has 1 aromatic carbocycles. The molecule has 0 aliphatic heterocycles. The molecule has 0 saturated heterocycles. The Hall–Kier alpha value is -1.75. The summed E-state index contributed by atoms with van der Waals surface area (Å²) in [5, 5.41) is 0. The highest BCUT2D eigenvalue weighted by Gasteiger charge is 2.13. The van der Waals surface area contributed by atoms with Crippen LogP contribution in [0.3, 0.4) is 0 Å². The molecule has 5 heteroatoms. The minimum atomic E-state index is -0.382. The zero-order chi connectivity index (χ0) is 15.0. The molecule has 0 unspecified atom stereocenters. The van der Waals surface area contributed by atoms with E-state index in [2.05, 4.69) is 11.8 Å². The third-order valence-electron chi connectivity index (χ3n) is 2.99. The van der Waals surface area contributed by atoms with Crippen molar-refractivity contribution in [1.82, 2.24) is 0 Å². The number of likely N-dealkylation sites (N-methyl/N-ethyl adjacent to an activating group) is 1. The topological polar surface area (TPSA) is 64.8 Å². The van der Waals surface area contributed by atoms with Crippen LogP contribution in [0.15, 0.2) is 18.2 Å². The number of carbonyl (C=O) groups is 1. The van der Waals surface area contributed by atoms with Gasteiger partial charge in [0, 0.05) is 31.1 Å². The van der Waals surface area contributed by atoms with Crippen LogP contribution in [0.25, 0.3) is 0 Å². The van der Waals surface area contributed by atoms with Gasteiger partial charge in [0.1, 0.15) is 0 Å². The average Bonchev–Trinajstić information content (AvgIpc) is 2.45. The Morgan fingerprint density at radius 2 is 2.00 bits per heavy atom.